The minimum absolute atomic E-state index is 0. The van der Waals surface area contributed by atoms with Gasteiger partial charge in [0.2, 0.25) is 0 Å². The van der Waals surface area contributed by atoms with Gasteiger partial charge in [0.1, 0.15) is 12.4 Å². The summed E-state index contributed by atoms with van der Waals surface area (Å²) >= 11 is 1.76. The first-order chi connectivity index (χ1) is 15.1. The maximum absolute atomic E-state index is 12.5. The second kappa shape index (κ2) is 11.5. The fourth-order valence-electron chi connectivity index (χ4n) is 3.43. The number of nitrogens with zero attached hydrogens (tertiary/aromatic N) is 6. The fraction of sp³-hybridized carbons (Fsp3) is 0.429. The van der Waals surface area contributed by atoms with E-state index in [0.29, 0.717) is 38.5 Å². The van der Waals surface area contributed by atoms with Crippen LogP contribution in [0.3, 0.4) is 0 Å². The second-order valence-electron chi connectivity index (χ2n) is 7.37. The molecule has 4 heterocycles. The van der Waals surface area contributed by atoms with E-state index in [0.717, 1.165) is 30.6 Å². The first kappa shape index (κ1) is 24.2. The molecule has 0 unspecified atom stereocenters. The lowest BCUT2D eigenvalue weighted by molar-refractivity contribution is 0.0657. The molecule has 172 valence electrons. The van der Waals surface area contributed by atoms with Gasteiger partial charge in [-0.15, -0.1) is 45.5 Å². The molecule has 0 saturated carbocycles. The Balaban J connectivity index is 0.00000289. The maximum Gasteiger partial charge on any atom is 0.289 e. The summed E-state index contributed by atoms with van der Waals surface area (Å²) in [5, 5.41) is 13.9. The third-order valence-electron chi connectivity index (χ3n) is 5.39. The monoisotopic (exact) mass is 569 g/mol. The highest BCUT2D eigenvalue weighted by molar-refractivity contribution is 14.0. The number of hydrogen-bond donors (Lipinski definition) is 1. The van der Waals surface area contributed by atoms with Gasteiger partial charge in [-0.1, -0.05) is 6.07 Å². The molecule has 1 aliphatic heterocycles. The first-order valence-corrected chi connectivity index (χ1v) is 11.2. The molecule has 0 bridgehead atoms. The molecule has 4 rings (SSSR count). The van der Waals surface area contributed by atoms with Crippen LogP contribution in [-0.4, -0.2) is 69.2 Å². The van der Waals surface area contributed by atoms with Crippen LogP contribution in [0, 0.1) is 6.92 Å². The summed E-state index contributed by atoms with van der Waals surface area (Å²) in [6.45, 7) is 5.81. The Labute approximate surface area is 208 Å². The van der Waals surface area contributed by atoms with E-state index in [4.69, 9.17) is 9.41 Å². The van der Waals surface area contributed by atoms with Gasteiger partial charge in [-0.3, -0.25) is 4.79 Å². The Kier molecular flexibility index (Phi) is 8.67. The first-order valence-electron chi connectivity index (χ1n) is 10.3. The molecule has 1 fully saturated rings. The van der Waals surface area contributed by atoms with Crippen molar-refractivity contribution in [2.45, 2.75) is 19.9 Å². The number of amides is 1. The van der Waals surface area contributed by atoms with Gasteiger partial charge in [-0.2, -0.15) is 0 Å². The van der Waals surface area contributed by atoms with Crippen molar-refractivity contribution in [2.75, 3.05) is 32.7 Å². The number of aryl methyl sites for hydroxylation is 1. The van der Waals surface area contributed by atoms with Gasteiger partial charge in [-0.05, 0) is 36.9 Å². The van der Waals surface area contributed by atoms with Crippen LogP contribution in [0.2, 0.25) is 0 Å². The van der Waals surface area contributed by atoms with Crippen molar-refractivity contribution in [3.05, 3.63) is 58.2 Å². The van der Waals surface area contributed by atoms with E-state index in [1.165, 1.54) is 11.1 Å². The molecule has 0 aromatic carbocycles. The number of rotatable bonds is 6. The quantitative estimate of drug-likeness (QED) is 0.279. The van der Waals surface area contributed by atoms with Crippen LogP contribution >= 0.6 is 35.3 Å². The number of guanidine groups is 1. The minimum atomic E-state index is -0.0663. The molecule has 11 heteroatoms. The Morgan fingerprint density at radius 3 is 2.59 bits per heavy atom. The van der Waals surface area contributed by atoms with Gasteiger partial charge >= 0.3 is 0 Å². The lowest BCUT2D eigenvalue weighted by Crippen LogP contribution is -2.54. The summed E-state index contributed by atoms with van der Waals surface area (Å²) in [6.07, 6.45) is 2.47. The Morgan fingerprint density at radius 1 is 1.19 bits per heavy atom. The van der Waals surface area contributed by atoms with Crippen molar-refractivity contribution >= 4 is 47.2 Å². The van der Waals surface area contributed by atoms with Crippen LogP contribution in [0.15, 0.2) is 45.3 Å². The van der Waals surface area contributed by atoms with Gasteiger partial charge in [0.25, 0.3) is 5.91 Å². The highest BCUT2D eigenvalue weighted by Gasteiger charge is 2.25. The second-order valence-corrected chi connectivity index (χ2v) is 8.41. The van der Waals surface area contributed by atoms with Crippen LogP contribution in [-0.2, 0) is 20.0 Å². The molecular weight excluding hydrogens is 541 g/mol. The van der Waals surface area contributed by atoms with E-state index in [1.54, 1.807) is 23.5 Å². The zero-order valence-electron chi connectivity index (χ0n) is 18.2. The molecule has 3 aromatic rings. The number of carbonyl (C=O) groups is 1. The molecule has 0 radical (unpaired) electrons. The molecule has 1 saturated heterocycles. The minimum Gasteiger partial charge on any atom is -0.459 e. The van der Waals surface area contributed by atoms with Crippen LogP contribution in [0.25, 0.3) is 0 Å². The average Bonchev–Trinajstić information content (AvgIpc) is 3.55. The van der Waals surface area contributed by atoms with Gasteiger partial charge in [-0.25, -0.2) is 4.99 Å². The molecule has 3 aromatic heterocycles. The number of piperazine rings is 1. The number of thiophene rings is 1. The number of aromatic nitrogens is 3. The summed E-state index contributed by atoms with van der Waals surface area (Å²) in [4.78, 5) is 22.7. The van der Waals surface area contributed by atoms with Gasteiger partial charge < -0.3 is 24.1 Å². The fourth-order valence-corrected chi connectivity index (χ4v) is 4.14. The number of furan rings is 1. The molecule has 32 heavy (non-hydrogen) atoms. The molecule has 0 aliphatic carbocycles. The van der Waals surface area contributed by atoms with Crippen LogP contribution in [0.5, 0.6) is 0 Å². The summed E-state index contributed by atoms with van der Waals surface area (Å²) in [7, 11) is 1.95. The third-order valence-corrected chi connectivity index (χ3v) is 6.32. The van der Waals surface area contributed by atoms with Gasteiger partial charge in [0.05, 0.1) is 6.26 Å². The third kappa shape index (κ3) is 5.88. The molecule has 0 spiro atoms. The maximum atomic E-state index is 12.5. The lowest BCUT2D eigenvalue weighted by Gasteiger charge is -2.36. The Morgan fingerprint density at radius 2 is 1.97 bits per heavy atom. The predicted molar refractivity (Wildman–Crippen MR) is 135 cm³/mol. The predicted octanol–water partition coefficient (Wildman–Crippen LogP) is 2.54. The Bertz CT molecular complexity index is 1010. The SMILES string of the molecule is Cc1nnc(CN=C(NCCc2cccs2)N2CCN(C(=O)c3ccco3)CC2)n1C.I. The highest BCUT2D eigenvalue weighted by atomic mass is 127. The van der Waals surface area contributed by atoms with E-state index in [2.05, 4.69) is 37.9 Å². The normalized spacial score (nSPS) is 14.4. The van der Waals surface area contributed by atoms with Crippen molar-refractivity contribution in [3.63, 3.8) is 0 Å². The summed E-state index contributed by atoms with van der Waals surface area (Å²) in [6, 6.07) is 7.65. The molecular formula is C21H28IN7O2S. The molecule has 9 nitrogen and oxygen atoms in total. The number of aliphatic imine (C=N–C) groups is 1. The van der Waals surface area contributed by atoms with E-state index in [1.807, 2.05) is 23.4 Å². The van der Waals surface area contributed by atoms with Crippen LogP contribution < -0.4 is 5.32 Å². The largest absolute Gasteiger partial charge is 0.459 e. The van der Waals surface area contributed by atoms with Gasteiger partial charge in [0, 0.05) is 44.6 Å². The molecule has 1 aliphatic rings. The summed E-state index contributed by atoms with van der Waals surface area (Å²) in [5.74, 6) is 2.84. The van der Waals surface area contributed by atoms with E-state index in [-0.39, 0.29) is 29.9 Å². The van der Waals surface area contributed by atoms with Crippen molar-refractivity contribution in [1.29, 1.82) is 0 Å². The Hall–Kier alpha value is -2.41. The zero-order chi connectivity index (χ0) is 21.6. The zero-order valence-corrected chi connectivity index (χ0v) is 21.4. The number of halogens is 1. The summed E-state index contributed by atoms with van der Waals surface area (Å²) < 4.78 is 7.21. The number of carbonyl (C=O) groups excluding carboxylic acids is 1. The van der Waals surface area contributed by atoms with Crippen molar-refractivity contribution < 1.29 is 9.21 Å². The van der Waals surface area contributed by atoms with E-state index < -0.39 is 0 Å². The van der Waals surface area contributed by atoms with E-state index in [9.17, 15) is 4.79 Å². The lowest BCUT2D eigenvalue weighted by atomic mass is 10.3. The van der Waals surface area contributed by atoms with Crippen molar-refractivity contribution in [2.24, 2.45) is 12.0 Å². The van der Waals surface area contributed by atoms with Gasteiger partial charge in [0.15, 0.2) is 17.5 Å². The molecule has 1 N–H and O–H groups in total. The standard InChI is InChI=1S/C21H27N7O2S.HI/c1-16-24-25-19(26(16)2)15-23-21(22-8-7-17-5-4-14-31-17)28-11-9-27(10-12-28)20(29)18-6-3-13-30-18;/h3-6,13-14H,7-12,15H2,1-2H3,(H,22,23);1H. The van der Waals surface area contributed by atoms with Crippen LogP contribution in [0.4, 0.5) is 0 Å². The van der Waals surface area contributed by atoms with Crippen molar-refractivity contribution in [1.82, 2.24) is 29.9 Å². The smallest absolute Gasteiger partial charge is 0.289 e. The van der Waals surface area contributed by atoms with Crippen molar-refractivity contribution in [3.8, 4) is 0 Å². The summed E-state index contributed by atoms with van der Waals surface area (Å²) in [5.41, 5.74) is 0. The van der Waals surface area contributed by atoms with Crippen LogP contribution in [0.1, 0.15) is 27.1 Å². The number of nitrogens with one attached hydrogen (secondary N) is 1. The highest BCUT2D eigenvalue weighted by Crippen LogP contribution is 2.11. The topological polar surface area (TPSA) is 91.8 Å². The molecule has 1 amide bonds. The molecule has 0 atom stereocenters. The number of hydrogen-bond acceptors (Lipinski definition) is 6. The average molecular weight is 569 g/mol. The van der Waals surface area contributed by atoms with E-state index >= 15 is 0 Å².